The van der Waals surface area contributed by atoms with Crippen molar-refractivity contribution in [2.24, 2.45) is 0 Å². The van der Waals surface area contributed by atoms with Gasteiger partial charge in [-0.2, -0.15) is 0 Å². The molecule has 0 aliphatic carbocycles. The Morgan fingerprint density at radius 2 is 2.10 bits per heavy atom. The van der Waals surface area contributed by atoms with Gasteiger partial charge in [0, 0.05) is 28.0 Å². The molecule has 0 spiro atoms. The second-order valence-electron chi connectivity index (χ2n) is 6.12. The van der Waals surface area contributed by atoms with Crippen molar-refractivity contribution < 1.29 is 8.42 Å². The Hall–Kier alpha value is -1.82. The summed E-state index contributed by atoms with van der Waals surface area (Å²) in [4.78, 5) is 4.49. The normalized spacial score (nSPS) is 24.3. The van der Waals surface area contributed by atoms with E-state index in [0.717, 1.165) is 22.3 Å². The van der Waals surface area contributed by atoms with Crippen LogP contribution in [0.15, 0.2) is 24.3 Å². The van der Waals surface area contributed by atoms with Gasteiger partial charge in [-0.25, -0.2) is 8.42 Å². The molecule has 1 fully saturated rings. The molecule has 0 amide bonds. The number of hydrogen-bond acceptors (Lipinski definition) is 5. The molecule has 1 saturated heterocycles. The molecule has 1 aromatic carbocycles. The summed E-state index contributed by atoms with van der Waals surface area (Å²) < 4.78 is 23.5. The van der Waals surface area contributed by atoms with Crippen LogP contribution in [0.3, 0.4) is 0 Å². The topological polar surface area (TPSA) is 85.1 Å². The first-order chi connectivity index (χ1) is 9.76. The molecule has 1 aliphatic rings. The van der Waals surface area contributed by atoms with Crippen molar-refractivity contribution in [3.63, 3.8) is 0 Å². The maximum absolute atomic E-state index is 11.7. The largest absolute Gasteiger partial charge is 0.399 e. The highest BCUT2D eigenvalue weighted by molar-refractivity contribution is 7.91. The van der Waals surface area contributed by atoms with Gasteiger partial charge < -0.3 is 11.1 Å². The predicted octanol–water partition coefficient (Wildman–Crippen LogP) is 2.11. The minimum absolute atomic E-state index is 0.158. The lowest BCUT2D eigenvalue weighted by Crippen LogP contribution is -2.36. The second-order valence-corrected chi connectivity index (χ2v) is 8.30. The van der Waals surface area contributed by atoms with Crippen molar-refractivity contribution in [1.29, 1.82) is 0 Å². The molecule has 21 heavy (non-hydrogen) atoms. The number of benzene rings is 1. The number of anilines is 2. The van der Waals surface area contributed by atoms with E-state index in [0.29, 0.717) is 12.1 Å². The summed E-state index contributed by atoms with van der Waals surface area (Å²) in [7, 11) is -2.95. The molecule has 3 rings (SSSR count). The van der Waals surface area contributed by atoms with Crippen molar-refractivity contribution in [3.8, 4) is 0 Å². The number of nitrogens with zero attached hydrogens (tertiary/aromatic N) is 1. The van der Waals surface area contributed by atoms with Crippen molar-refractivity contribution in [2.75, 3.05) is 22.6 Å². The van der Waals surface area contributed by atoms with E-state index in [4.69, 9.17) is 5.73 Å². The first-order valence-electron chi connectivity index (χ1n) is 6.92. The number of pyridine rings is 1. The van der Waals surface area contributed by atoms with Crippen LogP contribution in [-0.2, 0) is 9.84 Å². The number of aryl methyl sites for hydroxylation is 1. The molecule has 0 saturated carbocycles. The van der Waals surface area contributed by atoms with E-state index in [1.165, 1.54) is 0 Å². The third kappa shape index (κ3) is 2.81. The van der Waals surface area contributed by atoms with Crippen molar-refractivity contribution in [3.05, 3.63) is 30.0 Å². The van der Waals surface area contributed by atoms with Crippen LogP contribution >= 0.6 is 0 Å². The highest BCUT2D eigenvalue weighted by Gasteiger charge is 2.38. The molecule has 5 nitrogen and oxygen atoms in total. The van der Waals surface area contributed by atoms with Crippen LogP contribution in [0.5, 0.6) is 0 Å². The molecular formula is C15H19N3O2S. The Labute approximate surface area is 124 Å². The Kier molecular flexibility index (Phi) is 3.09. The highest BCUT2D eigenvalue weighted by atomic mass is 32.2. The fraction of sp³-hybridized carbons (Fsp3) is 0.400. The Bertz CT molecular complexity index is 817. The van der Waals surface area contributed by atoms with E-state index in [1.807, 2.05) is 38.1 Å². The van der Waals surface area contributed by atoms with Gasteiger partial charge in [0.15, 0.2) is 9.84 Å². The zero-order chi connectivity index (χ0) is 15.3. The summed E-state index contributed by atoms with van der Waals surface area (Å²) in [5.74, 6) is 0.395. The third-order valence-corrected chi connectivity index (χ3v) is 5.80. The summed E-state index contributed by atoms with van der Waals surface area (Å²) in [5.41, 5.74) is 8.73. The Balaban J connectivity index is 2.06. The molecule has 112 valence electrons. The zero-order valence-corrected chi connectivity index (χ0v) is 13.0. The van der Waals surface area contributed by atoms with Gasteiger partial charge in [-0.15, -0.1) is 0 Å². The number of rotatable bonds is 2. The SMILES string of the molecule is Cc1cc(NC2(C)CCS(=O)(=O)C2)c2cc(N)ccc2n1. The van der Waals surface area contributed by atoms with E-state index in [-0.39, 0.29) is 11.5 Å². The molecule has 1 aromatic heterocycles. The van der Waals surface area contributed by atoms with Gasteiger partial charge in [0.05, 0.1) is 17.0 Å². The molecule has 1 aliphatic heterocycles. The number of sulfone groups is 1. The van der Waals surface area contributed by atoms with Crippen LogP contribution in [0.25, 0.3) is 10.9 Å². The van der Waals surface area contributed by atoms with Crippen molar-refractivity contribution >= 4 is 32.1 Å². The highest BCUT2D eigenvalue weighted by Crippen LogP contribution is 2.32. The average Bonchev–Trinajstić information content (AvgIpc) is 2.64. The minimum Gasteiger partial charge on any atom is -0.399 e. The molecule has 0 bridgehead atoms. The van der Waals surface area contributed by atoms with Gasteiger partial charge in [-0.3, -0.25) is 4.98 Å². The van der Waals surface area contributed by atoms with Gasteiger partial charge in [-0.05, 0) is 44.5 Å². The van der Waals surface area contributed by atoms with Gasteiger partial charge in [0.25, 0.3) is 0 Å². The van der Waals surface area contributed by atoms with E-state index >= 15 is 0 Å². The van der Waals surface area contributed by atoms with Crippen LogP contribution in [0.2, 0.25) is 0 Å². The van der Waals surface area contributed by atoms with Crippen LogP contribution < -0.4 is 11.1 Å². The molecule has 0 radical (unpaired) electrons. The van der Waals surface area contributed by atoms with Gasteiger partial charge >= 0.3 is 0 Å². The fourth-order valence-electron chi connectivity index (χ4n) is 2.91. The lowest BCUT2D eigenvalue weighted by Gasteiger charge is -2.26. The Morgan fingerprint density at radius 3 is 2.76 bits per heavy atom. The summed E-state index contributed by atoms with van der Waals surface area (Å²) in [6, 6.07) is 7.52. The van der Waals surface area contributed by atoms with Crippen LogP contribution in [0.1, 0.15) is 19.0 Å². The molecule has 2 aromatic rings. The van der Waals surface area contributed by atoms with Crippen LogP contribution in [-0.4, -0.2) is 30.4 Å². The quantitative estimate of drug-likeness (QED) is 0.830. The summed E-state index contributed by atoms with van der Waals surface area (Å²) in [5, 5.41) is 4.33. The average molecular weight is 305 g/mol. The number of aromatic nitrogens is 1. The van der Waals surface area contributed by atoms with Crippen LogP contribution in [0, 0.1) is 6.92 Å². The molecule has 2 heterocycles. The predicted molar refractivity (Wildman–Crippen MR) is 86.2 cm³/mol. The number of nitrogens with two attached hydrogens (primary N) is 1. The maximum Gasteiger partial charge on any atom is 0.152 e. The van der Waals surface area contributed by atoms with Gasteiger partial charge in [0.1, 0.15) is 0 Å². The smallest absolute Gasteiger partial charge is 0.152 e. The molecule has 1 unspecified atom stereocenters. The van der Waals surface area contributed by atoms with E-state index in [9.17, 15) is 8.42 Å². The fourth-order valence-corrected chi connectivity index (χ4v) is 5.01. The third-order valence-electron chi connectivity index (χ3n) is 3.90. The monoisotopic (exact) mass is 305 g/mol. The van der Waals surface area contributed by atoms with E-state index in [2.05, 4.69) is 10.3 Å². The molecular weight excluding hydrogens is 286 g/mol. The number of hydrogen-bond donors (Lipinski definition) is 2. The first kappa shape index (κ1) is 14.1. The summed E-state index contributed by atoms with van der Waals surface area (Å²) in [6.45, 7) is 3.88. The second kappa shape index (κ2) is 4.59. The minimum atomic E-state index is -2.95. The zero-order valence-electron chi connectivity index (χ0n) is 12.2. The lowest BCUT2D eigenvalue weighted by atomic mass is 10.0. The standard InChI is InChI=1S/C15H19N3O2S/c1-10-7-14(12-8-11(16)3-4-13(12)17-10)18-15(2)5-6-21(19,20)9-15/h3-4,7-8H,5-6,9,16H2,1-2H3,(H,17,18). The van der Waals surface area contributed by atoms with Crippen molar-refractivity contribution in [2.45, 2.75) is 25.8 Å². The number of fused-ring (bicyclic) bond motifs is 1. The van der Waals surface area contributed by atoms with E-state index < -0.39 is 15.4 Å². The summed E-state index contributed by atoms with van der Waals surface area (Å²) >= 11 is 0. The molecule has 1 atom stereocenters. The maximum atomic E-state index is 11.7. The summed E-state index contributed by atoms with van der Waals surface area (Å²) in [6.07, 6.45) is 0.612. The van der Waals surface area contributed by atoms with Crippen molar-refractivity contribution in [1.82, 2.24) is 4.98 Å². The number of nitrogen functional groups attached to an aromatic ring is 1. The molecule has 3 N–H and O–H groups in total. The first-order valence-corrected chi connectivity index (χ1v) is 8.74. The Morgan fingerprint density at radius 1 is 1.33 bits per heavy atom. The van der Waals surface area contributed by atoms with E-state index in [1.54, 1.807) is 0 Å². The lowest BCUT2D eigenvalue weighted by molar-refractivity contribution is 0.574. The number of nitrogens with one attached hydrogen (secondary N) is 1. The van der Waals surface area contributed by atoms with Gasteiger partial charge in [0.2, 0.25) is 0 Å². The molecule has 6 heteroatoms. The van der Waals surface area contributed by atoms with Crippen LogP contribution in [0.4, 0.5) is 11.4 Å². The van der Waals surface area contributed by atoms with Gasteiger partial charge in [-0.1, -0.05) is 0 Å².